The lowest BCUT2D eigenvalue weighted by atomic mass is 10.1. The molecule has 2 amide bonds. The molecule has 0 aliphatic carbocycles. The molecule has 1 heterocycles. The van der Waals surface area contributed by atoms with Gasteiger partial charge in [-0.25, -0.2) is 0 Å². The topological polar surface area (TPSA) is 65.2 Å². The van der Waals surface area contributed by atoms with Crippen molar-refractivity contribution in [2.45, 2.75) is 13.0 Å². The molecule has 1 aromatic carbocycles. The molecule has 0 radical (unpaired) electrons. The molecule has 1 atom stereocenters. The molecule has 0 saturated heterocycles. The third kappa shape index (κ3) is 2.76. The van der Waals surface area contributed by atoms with Gasteiger partial charge in [-0.15, -0.1) is 0 Å². The second-order valence-electron chi connectivity index (χ2n) is 4.71. The maximum absolute atomic E-state index is 12.1. The minimum Gasteiger partial charge on any atom is -0.361 e. The summed E-state index contributed by atoms with van der Waals surface area (Å²) in [6.07, 6.45) is 1.82. The zero-order valence-corrected chi connectivity index (χ0v) is 11.2. The number of carbonyl (C=O) groups is 2. The van der Waals surface area contributed by atoms with E-state index >= 15 is 0 Å². The van der Waals surface area contributed by atoms with Gasteiger partial charge in [0.2, 0.25) is 5.91 Å². The molecule has 0 aliphatic heterocycles. The maximum atomic E-state index is 12.1. The second-order valence-corrected chi connectivity index (χ2v) is 4.71. The first-order chi connectivity index (χ1) is 8.99. The highest BCUT2D eigenvalue weighted by molar-refractivity contribution is 6.00. The number of nitrogens with zero attached hydrogens (tertiary/aromatic N) is 1. The number of benzene rings is 1. The Kier molecular flexibility index (Phi) is 3.55. The van der Waals surface area contributed by atoms with Crippen molar-refractivity contribution in [1.82, 2.24) is 15.2 Å². The van der Waals surface area contributed by atoms with Crippen molar-refractivity contribution in [3.8, 4) is 0 Å². The number of rotatable bonds is 3. The summed E-state index contributed by atoms with van der Waals surface area (Å²) in [5.74, 6) is -0.381. The quantitative estimate of drug-likeness (QED) is 0.874. The fraction of sp³-hybridized carbons (Fsp3) is 0.286. The summed E-state index contributed by atoms with van der Waals surface area (Å²) in [6, 6.07) is 6.80. The first kappa shape index (κ1) is 13.1. The van der Waals surface area contributed by atoms with Crippen molar-refractivity contribution in [1.29, 1.82) is 0 Å². The fourth-order valence-electron chi connectivity index (χ4n) is 1.92. The van der Waals surface area contributed by atoms with Crippen molar-refractivity contribution < 1.29 is 9.59 Å². The van der Waals surface area contributed by atoms with Crippen LogP contribution in [0.25, 0.3) is 10.9 Å². The van der Waals surface area contributed by atoms with Crippen molar-refractivity contribution >= 4 is 22.7 Å². The maximum Gasteiger partial charge on any atom is 0.251 e. The van der Waals surface area contributed by atoms with Gasteiger partial charge in [0.05, 0.1) is 0 Å². The van der Waals surface area contributed by atoms with Crippen LogP contribution in [0.5, 0.6) is 0 Å². The molecule has 1 aromatic heterocycles. The van der Waals surface area contributed by atoms with Crippen molar-refractivity contribution in [2.24, 2.45) is 0 Å². The molecule has 5 nitrogen and oxygen atoms in total. The standard InChI is InChI=1S/C14H17N3O2/c1-9(14(19)17(2)3)16-13(18)11-5-4-10-6-7-15-12(10)8-11/h4-9,15H,1-3H3,(H,16,18). The zero-order valence-electron chi connectivity index (χ0n) is 11.2. The molecule has 0 fully saturated rings. The van der Waals surface area contributed by atoms with Crippen LogP contribution in [-0.2, 0) is 4.79 Å². The molecule has 0 aliphatic rings. The molecule has 5 heteroatoms. The van der Waals surface area contributed by atoms with E-state index in [1.54, 1.807) is 33.2 Å². The van der Waals surface area contributed by atoms with Crippen LogP contribution in [0.2, 0.25) is 0 Å². The van der Waals surface area contributed by atoms with Crippen LogP contribution in [0.4, 0.5) is 0 Å². The molecule has 2 rings (SSSR count). The lowest BCUT2D eigenvalue weighted by molar-refractivity contribution is -0.130. The average molecular weight is 259 g/mol. The summed E-state index contributed by atoms with van der Waals surface area (Å²) < 4.78 is 0. The van der Waals surface area contributed by atoms with E-state index in [9.17, 15) is 9.59 Å². The molecule has 2 aromatic rings. The summed E-state index contributed by atoms with van der Waals surface area (Å²) in [6.45, 7) is 1.67. The Bertz CT molecular complexity index is 616. The largest absolute Gasteiger partial charge is 0.361 e. The van der Waals surface area contributed by atoms with E-state index in [2.05, 4.69) is 10.3 Å². The normalized spacial score (nSPS) is 12.2. The van der Waals surface area contributed by atoms with Crippen molar-refractivity contribution in [3.05, 3.63) is 36.0 Å². The molecular weight excluding hydrogens is 242 g/mol. The predicted octanol–water partition coefficient (Wildman–Crippen LogP) is 1.37. The number of aromatic amines is 1. The van der Waals surface area contributed by atoms with Crippen LogP contribution in [0.1, 0.15) is 17.3 Å². The molecule has 0 bridgehead atoms. The Morgan fingerprint density at radius 3 is 2.68 bits per heavy atom. The number of carbonyl (C=O) groups excluding carboxylic acids is 2. The Labute approximate surface area is 111 Å². The van der Waals surface area contributed by atoms with Gasteiger partial charge in [0.1, 0.15) is 6.04 Å². The number of likely N-dealkylation sites (N-methyl/N-ethyl adjacent to an activating group) is 1. The van der Waals surface area contributed by atoms with E-state index < -0.39 is 6.04 Å². The number of amides is 2. The van der Waals surface area contributed by atoms with Crippen LogP contribution in [0.3, 0.4) is 0 Å². The van der Waals surface area contributed by atoms with Crippen LogP contribution < -0.4 is 5.32 Å². The van der Waals surface area contributed by atoms with E-state index in [-0.39, 0.29) is 11.8 Å². The number of aromatic nitrogens is 1. The summed E-state index contributed by atoms with van der Waals surface area (Å²) >= 11 is 0. The van der Waals surface area contributed by atoms with Gasteiger partial charge in [0.15, 0.2) is 0 Å². The van der Waals surface area contributed by atoms with E-state index in [1.807, 2.05) is 18.3 Å². The van der Waals surface area contributed by atoms with Gasteiger partial charge < -0.3 is 15.2 Å². The monoisotopic (exact) mass is 259 g/mol. The lowest BCUT2D eigenvalue weighted by Crippen LogP contribution is -2.44. The predicted molar refractivity (Wildman–Crippen MR) is 73.9 cm³/mol. The van der Waals surface area contributed by atoms with E-state index in [0.29, 0.717) is 5.56 Å². The first-order valence-corrected chi connectivity index (χ1v) is 6.08. The van der Waals surface area contributed by atoms with Crippen molar-refractivity contribution in [2.75, 3.05) is 14.1 Å². The van der Waals surface area contributed by atoms with E-state index in [0.717, 1.165) is 10.9 Å². The Balaban J connectivity index is 2.13. The Morgan fingerprint density at radius 1 is 1.26 bits per heavy atom. The molecule has 100 valence electrons. The summed E-state index contributed by atoms with van der Waals surface area (Å²) in [5.41, 5.74) is 1.44. The van der Waals surface area contributed by atoms with Crippen molar-refractivity contribution in [3.63, 3.8) is 0 Å². The average Bonchev–Trinajstić information content (AvgIpc) is 2.84. The number of fused-ring (bicyclic) bond motifs is 1. The van der Waals surface area contributed by atoms with E-state index in [4.69, 9.17) is 0 Å². The van der Waals surface area contributed by atoms with E-state index in [1.165, 1.54) is 4.90 Å². The minimum absolute atomic E-state index is 0.130. The second kappa shape index (κ2) is 5.14. The Hall–Kier alpha value is -2.30. The minimum atomic E-state index is -0.540. The number of nitrogens with one attached hydrogen (secondary N) is 2. The number of H-pyrrole nitrogens is 1. The summed E-state index contributed by atoms with van der Waals surface area (Å²) in [7, 11) is 3.33. The molecule has 0 spiro atoms. The lowest BCUT2D eigenvalue weighted by Gasteiger charge is -2.17. The molecule has 1 unspecified atom stereocenters. The summed E-state index contributed by atoms with van der Waals surface area (Å²) in [5, 5.41) is 3.74. The van der Waals surface area contributed by atoms with Gasteiger partial charge in [0.25, 0.3) is 5.91 Å². The highest BCUT2D eigenvalue weighted by atomic mass is 16.2. The Morgan fingerprint density at radius 2 is 2.00 bits per heavy atom. The van der Waals surface area contributed by atoms with Gasteiger partial charge in [-0.1, -0.05) is 6.07 Å². The third-order valence-electron chi connectivity index (χ3n) is 2.98. The van der Waals surface area contributed by atoms with Gasteiger partial charge in [-0.2, -0.15) is 0 Å². The van der Waals surface area contributed by atoms with Crippen LogP contribution in [0, 0.1) is 0 Å². The van der Waals surface area contributed by atoms with Crippen LogP contribution in [0.15, 0.2) is 30.5 Å². The first-order valence-electron chi connectivity index (χ1n) is 6.08. The molecule has 19 heavy (non-hydrogen) atoms. The number of hydrogen-bond donors (Lipinski definition) is 2. The summed E-state index contributed by atoms with van der Waals surface area (Å²) in [4.78, 5) is 28.2. The smallest absolute Gasteiger partial charge is 0.251 e. The fourth-order valence-corrected chi connectivity index (χ4v) is 1.92. The third-order valence-corrected chi connectivity index (χ3v) is 2.98. The zero-order chi connectivity index (χ0) is 14.0. The van der Waals surface area contributed by atoms with Gasteiger partial charge in [0, 0.05) is 31.4 Å². The SMILES string of the molecule is CC(NC(=O)c1ccc2cc[nH]c2c1)C(=O)N(C)C. The molecular formula is C14H17N3O2. The van der Waals surface area contributed by atoms with Crippen LogP contribution >= 0.6 is 0 Å². The van der Waals surface area contributed by atoms with Gasteiger partial charge in [-0.3, -0.25) is 9.59 Å². The van der Waals surface area contributed by atoms with Crippen LogP contribution in [-0.4, -0.2) is 41.8 Å². The number of hydrogen-bond acceptors (Lipinski definition) is 2. The van der Waals surface area contributed by atoms with Gasteiger partial charge in [-0.05, 0) is 30.5 Å². The van der Waals surface area contributed by atoms with Gasteiger partial charge >= 0.3 is 0 Å². The molecule has 2 N–H and O–H groups in total. The highest BCUT2D eigenvalue weighted by Gasteiger charge is 2.18. The molecule has 0 saturated carbocycles. The highest BCUT2D eigenvalue weighted by Crippen LogP contribution is 2.14.